The van der Waals surface area contributed by atoms with Gasteiger partial charge in [0, 0.05) is 15.6 Å². The molecule has 1 aliphatic heterocycles. The van der Waals surface area contributed by atoms with E-state index in [-0.39, 0.29) is 23.9 Å². The lowest BCUT2D eigenvalue weighted by molar-refractivity contribution is 0.0920. The first-order valence-electron chi connectivity index (χ1n) is 10.0. The summed E-state index contributed by atoms with van der Waals surface area (Å²) in [5.41, 5.74) is 3.91. The van der Waals surface area contributed by atoms with E-state index in [1.54, 1.807) is 30.3 Å². The molecule has 4 nitrogen and oxygen atoms in total. The second kappa shape index (κ2) is 8.90. The van der Waals surface area contributed by atoms with Crippen molar-refractivity contribution in [3.05, 3.63) is 98.7 Å². The average Bonchev–Trinajstić information content (AvgIpc) is 3.10. The van der Waals surface area contributed by atoms with E-state index >= 15 is 0 Å². The number of ether oxygens (including phenoxy) is 2. The summed E-state index contributed by atoms with van der Waals surface area (Å²) < 4.78 is 12.6. The number of allylic oxidation sites excluding steroid dienone is 1. The Labute approximate surface area is 189 Å². The molecule has 0 atom stereocenters. The standard InChI is InChI=1S/C26H21BrO4/c1-3-17-4-6-18(7-5-17)14-24-25(29)21-12-13-23(16(2)26(21)31-24)30-15-22(28)19-8-10-20(27)11-9-19/h4-14H,3,15H2,1-2H3/b24-14-. The number of benzene rings is 3. The fourth-order valence-electron chi connectivity index (χ4n) is 3.39. The molecule has 0 saturated heterocycles. The molecule has 0 unspecified atom stereocenters. The maximum atomic E-state index is 12.8. The molecule has 3 aromatic rings. The zero-order valence-electron chi connectivity index (χ0n) is 17.3. The van der Waals surface area contributed by atoms with Crippen LogP contribution < -0.4 is 9.47 Å². The van der Waals surface area contributed by atoms with Gasteiger partial charge in [-0.3, -0.25) is 9.59 Å². The molecule has 0 aliphatic carbocycles. The van der Waals surface area contributed by atoms with Gasteiger partial charge in [0.25, 0.3) is 0 Å². The van der Waals surface area contributed by atoms with Crippen molar-refractivity contribution in [3.8, 4) is 11.5 Å². The molecular formula is C26H21BrO4. The molecule has 31 heavy (non-hydrogen) atoms. The molecule has 4 rings (SSSR count). The molecule has 0 spiro atoms. The smallest absolute Gasteiger partial charge is 0.231 e. The van der Waals surface area contributed by atoms with Crippen molar-refractivity contribution < 1.29 is 19.1 Å². The molecule has 0 amide bonds. The molecule has 0 aromatic heterocycles. The molecule has 0 N–H and O–H groups in total. The molecule has 5 heteroatoms. The Morgan fingerprint density at radius 2 is 1.74 bits per heavy atom. The van der Waals surface area contributed by atoms with Crippen LogP contribution in [-0.2, 0) is 6.42 Å². The predicted octanol–water partition coefficient (Wildman–Crippen LogP) is 6.20. The number of halogens is 1. The Kier molecular flexibility index (Phi) is 6.05. The van der Waals surface area contributed by atoms with Crippen LogP contribution in [0.3, 0.4) is 0 Å². The maximum Gasteiger partial charge on any atom is 0.231 e. The highest BCUT2D eigenvalue weighted by molar-refractivity contribution is 9.10. The zero-order chi connectivity index (χ0) is 22.0. The van der Waals surface area contributed by atoms with Gasteiger partial charge in [0.05, 0.1) is 5.56 Å². The van der Waals surface area contributed by atoms with Crippen LogP contribution in [-0.4, -0.2) is 18.2 Å². The van der Waals surface area contributed by atoms with Crippen molar-refractivity contribution in [2.45, 2.75) is 20.3 Å². The van der Waals surface area contributed by atoms with Crippen molar-refractivity contribution in [1.29, 1.82) is 0 Å². The number of hydrogen-bond acceptors (Lipinski definition) is 4. The van der Waals surface area contributed by atoms with Crippen molar-refractivity contribution >= 4 is 33.6 Å². The van der Waals surface area contributed by atoms with Crippen LogP contribution in [0.15, 0.2) is 70.9 Å². The molecule has 0 saturated carbocycles. The van der Waals surface area contributed by atoms with Crippen LogP contribution in [0.4, 0.5) is 0 Å². The van der Waals surface area contributed by atoms with Gasteiger partial charge in [-0.25, -0.2) is 0 Å². The number of carbonyl (C=O) groups is 2. The van der Waals surface area contributed by atoms with Crippen molar-refractivity contribution in [3.63, 3.8) is 0 Å². The van der Waals surface area contributed by atoms with E-state index in [1.165, 1.54) is 5.56 Å². The van der Waals surface area contributed by atoms with Gasteiger partial charge in [0.2, 0.25) is 5.78 Å². The first kappa shape index (κ1) is 21.1. The number of fused-ring (bicyclic) bond motifs is 1. The summed E-state index contributed by atoms with van der Waals surface area (Å²) in [4.78, 5) is 25.2. The third kappa shape index (κ3) is 4.47. The summed E-state index contributed by atoms with van der Waals surface area (Å²) in [7, 11) is 0. The topological polar surface area (TPSA) is 52.6 Å². The van der Waals surface area contributed by atoms with E-state index in [4.69, 9.17) is 9.47 Å². The third-order valence-electron chi connectivity index (χ3n) is 5.25. The second-order valence-corrected chi connectivity index (χ2v) is 8.23. The lowest BCUT2D eigenvalue weighted by Crippen LogP contribution is -2.12. The zero-order valence-corrected chi connectivity index (χ0v) is 18.9. The number of hydrogen-bond donors (Lipinski definition) is 0. The maximum absolute atomic E-state index is 12.8. The minimum absolute atomic E-state index is 0.0956. The number of carbonyl (C=O) groups excluding carboxylic acids is 2. The summed E-state index contributed by atoms with van der Waals surface area (Å²) in [5, 5.41) is 0. The highest BCUT2D eigenvalue weighted by Crippen LogP contribution is 2.39. The minimum Gasteiger partial charge on any atom is -0.485 e. The Bertz CT molecular complexity index is 1180. The van der Waals surface area contributed by atoms with Crippen molar-refractivity contribution in [2.75, 3.05) is 6.61 Å². The fraction of sp³-hybridized carbons (Fsp3) is 0.154. The van der Waals surface area contributed by atoms with E-state index in [0.29, 0.717) is 28.2 Å². The largest absolute Gasteiger partial charge is 0.485 e. The quantitative estimate of drug-likeness (QED) is 0.314. The lowest BCUT2D eigenvalue weighted by Gasteiger charge is -2.11. The van der Waals surface area contributed by atoms with E-state index < -0.39 is 0 Å². The molecular weight excluding hydrogens is 456 g/mol. The van der Waals surface area contributed by atoms with Gasteiger partial charge in [0.1, 0.15) is 11.5 Å². The predicted molar refractivity (Wildman–Crippen MR) is 124 cm³/mol. The van der Waals surface area contributed by atoms with Crippen molar-refractivity contribution in [1.82, 2.24) is 0 Å². The Hall–Kier alpha value is -3.18. The van der Waals surface area contributed by atoms with Gasteiger partial charge in [0.15, 0.2) is 18.1 Å². The normalized spacial score (nSPS) is 13.8. The van der Waals surface area contributed by atoms with Crippen molar-refractivity contribution in [2.24, 2.45) is 0 Å². The van der Waals surface area contributed by atoms with Gasteiger partial charge < -0.3 is 9.47 Å². The molecule has 3 aromatic carbocycles. The number of rotatable bonds is 6. The van der Waals surface area contributed by atoms with Gasteiger partial charge >= 0.3 is 0 Å². The monoisotopic (exact) mass is 476 g/mol. The Morgan fingerprint density at radius 1 is 1.03 bits per heavy atom. The highest BCUT2D eigenvalue weighted by atomic mass is 79.9. The molecule has 0 bridgehead atoms. The summed E-state index contributed by atoms with van der Waals surface area (Å²) in [6, 6.07) is 18.6. The van der Waals surface area contributed by atoms with Crippen LogP contribution in [0.5, 0.6) is 11.5 Å². The fourth-order valence-corrected chi connectivity index (χ4v) is 3.65. The number of ketones is 2. The highest BCUT2D eigenvalue weighted by Gasteiger charge is 2.30. The Morgan fingerprint density at radius 3 is 2.42 bits per heavy atom. The third-order valence-corrected chi connectivity index (χ3v) is 5.78. The van der Waals surface area contributed by atoms with Gasteiger partial charge in [-0.2, -0.15) is 0 Å². The minimum atomic E-state index is -0.157. The van der Waals surface area contributed by atoms with E-state index in [0.717, 1.165) is 16.5 Å². The van der Waals surface area contributed by atoms with Crippen LogP contribution >= 0.6 is 15.9 Å². The van der Waals surface area contributed by atoms with E-state index in [1.807, 2.05) is 43.3 Å². The molecule has 1 heterocycles. The van der Waals surface area contributed by atoms with E-state index in [2.05, 4.69) is 22.9 Å². The second-order valence-electron chi connectivity index (χ2n) is 7.32. The SMILES string of the molecule is CCc1ccc(/C=C2\Oc3c(ccc(OCC(=O)c4ccc(Br)cc4)c3C)C2=O)cc1. The van der Waals surface area contributed by atoms with Crippen LogP contribution in [0.25, 0.3) is 6.08 Å². The van der Waals surface area contributed by atoms with Crippen LogP contribution in [0.1, 0.15) is 44.3 Å². The molecule has 0 fully saturated rings. The number of Topliss-reactive ketones (excluding diaryl/α,β-unsaturated/α-hetero) is 2. The molecule has 1 aliphatic rings. The average molecular weight is 477 g/mol. The summed E-state index contributed by atoms with van der Waals surface area (Å²) in [6.45, 7) is 3.83. The van der Waals surface area contributed by atoms with Gasteiger partial charge in [-0.1, -0.05) is 59.3 Å². The van der Waals surface area contributed by atoms with E-state index in [9.17, 15) is 9.59 Å². The first-order chi connectivity index (χ1) is 15.0. The Balaban J connectivity index is 1.51. The van der Waals surface area contributed by atoms with Gasteiger partial charge in [-0.15, -0.1) is 0 Å². The molecule has 156 valence electrons. The van der Waals surface area contributed by atoms with Gasteiger partial charge in [-0.05, 0) is 54.8 Å². The summed E-state index contributed by atoms with van der Waals surface area (Å²) >= 11 is 3.36. The van der Waals surface area contributed by atoms with Crippen LogP contribution in [0.2, 0.25) is 0 Å². The lowest BCUT2D eigenvalue weighted by atomic mass is 10.0. The van der Waals surface area contributed by atoms with Crippen LogP contribution in [0, 0.1) is 6.92 Å². The molecule has 0 radical (unpaired) electrons. The number of aryl methyl sites for hydroxylation is 1. The first-order valence-corrected chi connectivity index (χ1v) is 10.8. The summed E-state index contributed by atoms with van der Waals surface area (Å²) in [6.07, 6.45) is 2.71. The summed E-state index contributed by atoms with van der Waals surface area (Å²) in [5.74, 6) is 1.00.